The van der Waals surface area contributed by atoms with Crippen LogP contribution in [0.15, 0.2) is 54.6 Å². The Labute approximate surface area is 202 Å². The summed E-state index contributed by atoms with van der Waals surface area (Å²) in [5.41, 5.74) is 1.14. The van der Waals surface area contributed by atoms with Gasteiger partial charge in [0.05, 0.1) is 15.2 Å². The van der Waals surface area contributed by atoms with Crippen molar-refractivity contribution in [2.24, 2.45) is 0 Å². The van der Waals surface area contributed by atoms with Gasteiger partial charge in [0.1, 0.15) is 12.1 Å². The van der Waals surface area contributed by atoms with Gasteiger partial charge in [-0.1, -0.05) is 42.5 Å². The fourth-order valence-corrected chi connectivity index (χ4v) is 5.91. The van der Waals surface area contributed by atoms with Gasteiger partial charge >= 0.3 is 6.03 Å². The zero-order chi connectivity index (χ0) is 23.7. The number of rotatable bonds is 6. The molecule has 5 rings (SSSR count). The minimum Gasteiger partial charge on any atom is -0.341 e. The van der Waals surface area contributed by atoms with E-state index in [9.17, 15) is 14.4 Å². The van der Waals surface area contributed by atoms with Crippen LogP contribution in [0.2, 0.25) is 0 Å². The maximum atomic E-state index is 13.1. The van der Waals surface area contributed by atoms with Gasteiger partial charge in [-0.15, -0.1) is 11.3 Å². The van der Waals surface area contributed by atoms with E-state index < -0.39 is 11.6 Å². The zero-order valence-corrected chi connectivity index (χ0v) is 20.0. The standard InChI is InChI=1S/C26H28N4O3S/c1-26(14-11-18-7-3-2-4-8-18)24(32)30(25(33)28-26)17-22(31)29-15-12-19(13-16-29)23-27-20-9-5-6-10-21(20)34-23/h2-10,19H,11-17H2,1H3,(H,28,33)/t26-/m0/s1. The van der Waals surface area contributed by atoms with E-state index in [1.54, 1.807) is 23.2 Å². The molecule has 0 bridgehead atoms. The summed E-state index contributed by atoms with van der Waals surface area (Å²) in [7, 11) is 0. The van der Waals surface area contributed by atoms with Crippen molar-refractivity contribution in [1.82, 2.24) is 20.1 Å². The van der Waals surface area contributed by atoms with E-state index in [1.807, 2.05) is 48.5 Å². The summed E-state index contributed by atoms with van der Waals surface area (Å²) >= 11 is 1.72. The molecule has 2 saturated heterocycles. The van der Waals surface area contributed by atoms with Crippen LogP contribution in [0.25, 0.3) is 10.2 Å². The van der Waals surface area contributed by atoms with Gasteiger partial charge in [-0.3, -0.25) is 14.5 Å². The van der Waals surface area contributed by atoms with Gasteiger partial charge in [0.2, 0.25) is 5.91 Å². The lowest BCUT2D eigenvalue weighted by molar-refractivity contribution is -0.139. The average Bonchev–Trinajstić information content (AvgIpc) is 3.38. The highest BCUT2D eigenvalue weighted by molar-refractivity contribution is 7.18. The average molecular weight is 477 g/mol. The molecule has 2 fully saturated rings. The molecular weight excluding hydrogens is 448 g/mol. The van der Waals surface area contributed by atoms with Gasteiger partial charge in [0.25, 0.3) is 5.91 Å². The topological polar surface area (TPSA) is 82.6 Å². The number of hydrogen-bond acceptors (Lipinski definition) is 5. The summed E-state index contributed by atoms with van der Waals surface area (Å²) in [4.78, 5) is 46.2. The van der Waals surface area contributed by atoms with E-state index in [0.717, 1.165) is 33.8 Å². The second-order valence-electron chi connectivity index (χ2n) is 9.31. The van der Waals surface area contributed by atoms with E-state index in [0.29, 0.717) is 31.8 Å². The summed E-state index contributed by atoms with van der Waals surface area (Å²) in [5.74, 6) is -0.177. The van der Waals surface area contributed by atoms with Crippen LogP contribution in [0.5, 0.6) is 0 Å². The maximum absolute atomic E-state index is 13.1. The molecule has 7 nitrogen and oxygen atoms in total. The predicted molar refractivity (Wildman–Crippen MR) is 132 cm³/mol. The number of nitrogens with zero attached hydrogens (tertiary/aromatic N) is 3. The molecule has 4 amide bonds. The molecule has 2 aliphatic heterocycles. The van der Waals surface area contributed by atoms with Crippen molar-refractivity contribution < 1.29 is 14.4 Å². The molecule has 2 aromatic carbocycles. The van der Waals surface area contributed by atoms with Gasteiger partial charge in [0, 0.05) is 19.0 Å². The molecule has 34 heavy (non-hydrogen) atoms. The monoisotopic (exact) mass is 476 g/mol. The molecule has 0 aliphatic carbocycles. The number of carbonyl (C=O) groups is 3. The van der Waals surface area contributed by atoms with Crippen molar-refractivity contribution in [3.05, 3.63) is 65.2 Å². The Balaban J connectivity index is 1.16. The van der Waals surface area contributed by atoms with Crippen LogP contribution in [0.3, 0.4) is 0 Å². The van der Waals surface area contributed by atoms with E-state index in [-0.39, 0.29) is 18.4 Å². The molecule has 0 saturated carbocycles. The Bertz CT molecular complexity index is 1190. The minimum absolute atomic E-state index is 0.182. The third-order valence-electron chi connectivity index (χ3n) is 6.90. The predicted octanol–water partition coefficient (Wildman–Crippen LogP) is 3.95. The quantitative estimate of drug-likeness (QED) is 0.546. The first kappa shape index (κ1) is 22.5. The van der Waals surface area contributed by atoms with E-state index in [2.05, 4.69) is 11.4 Å². The fourth-order valence-electron chi connectivity index (χ4n) is 4.77. The summed E-state index contributed by atoms with van der Waals surface area (Å²) in [6.45, 7) is 2.74. The molecule has 2 aliphatic rings. The normalized spacial score (nSPS) is 21.3. The maximum Gasteiger partial charge on any atom is 0.325 e. The minimum atomic E-state index is -0.993. The summed E-state index contributed by atoms with van der Waals surface area (Å²) in [6.07, 6.45) is 2.82. The van der Waals surface area contributed by atoms with Gasteiger partial charge < -0.3 is 10.2 Å². The van der Waals surface area contributed by atoms with Crippen molar-refractivity contribution in [1.29, 1.82) is 0 Å². The number of fused-ring (bicyclic) bond motifs is 1. The molecule has 3 aromatic rings. The van der Waals surface area contributed by atoms with Gasteiger partial charge in [0.15, 0.2) is 0 Å². The number of piperidine rings is 1. The van der Waals surface area contributed by atoms with Crippen molar-refractivity contribution >= 4 is 39.4 Å². The van der Waals surface area contributed by atoms with E-state index in [4.69, 9.17) is 4.98 Å². The molecule has 1 aromatic heterocycles. The molecule has 0 unspecified atom stereocenters. The molecule has 0 radical (unpaired) electrons. The highest BCUT2D eigenvalue weighted by atomic mass is 32.1. The third-order valence-corrected chi connectivity index (χ3v) is 8.10. The molecule has 1 N–H and O–H groups in total. The number of urea groups is 1. The molecule has 3 heterocycles. The largest absolute Gasteiger partial charge is 0.341 e. The Morgan fingerprint density at radius 1 is 1.09 bits per heavy atom. The lowest BCUT2D eigenvalue weighted by atomic mass is 9.93. The highest BCUT2D eigenvalue weighted by Crippen LogP contribution is 2.34. The summed E-state index contributed by atoms with van der Waals surface area (Å²) in [6, 6.07) is 17.5. The van der Waals surface area contributed by atoms with E-state index >= 15 is 0 Å². The van der Waals surface area contributed by atoms with Crippen LogP contribution < -0.4 is 5.32 Å². The lowest BCUT2D eigenvalue weighted by Gasteiger charge is -2.32. The summed E-state index contributed by atoms with van der Waals surface area (Å²) in [5, 5.41) is 3.93. The Hall–Kier alpha value is -3.26. The zero-order valence-electron chi connectivity index (χ0n) is 19.2. The number of thiazole rings is 1. The Kier molecular flexibility index (Phi) is 6.08. The first-order valence-electron chi connectivity index (χ1n) is 11.7. The first-order valence-corrected chi connectivity index (χ1v) is 12.6. The van der Waals surface area contributed by atoms with Crippen LogP contribution >= 0.6 is 11.3 Å². The van der Waals surface area contributed by atoms with Gasteiger partial charge in [-0.05, 0) is 50.3 Å². The van der Waals surface area contributed by atoms with Crippen molar-refractivity contribution in [3.8, 4) is 0 Å². The first-order chi connectivity index (χ1) is 16.4. The van der Waals surface area contributed by atoms with Crippen LogP contribution in [0, 0.1) is 0 Å². The molecule has 1 atom stereocenters. The molecular formula is C26H28N4O3S. The SMILES string of the molecule is C[C@@]1(CCc2ccccc2)NC(=O)N(CC(=O)N2CCC(c3nc4ccccc4s3)CC2)C1=O. The van der Waals surface area contributed by atoms with Crippen LogP contribution in [-0.2, 0) is 16.0 Å². The smallest absolute Gasteiger partial charge is 0.325 e. The number of aryl methyl sites for hydroxylation is 1. The van der Waals surface area contributed by atoms with Crippen LogP contribution in [0.4, 0.5) is 4.79 Å². The molecule has 8 heteroatoms. The number of nitrogens with one attached hydrogen (secondary N) is 1. The molecule has 0 spiro atoms. The number of para-hydroxylation sites is 1. The van der Waals surface area contributed by atoms with Gasteiger partial charge in [-0.25, -0.2) is 9.78 Å². The van der Waals surface area contributed by atoms with Crippen LogP contribution in [-0.4, -0.2) is 57.8 Å². The lowest BCUT2D eigenvalue weighted by Crippen LogP contribution is -2.47. The number of carbonyl (C=O) groups excluding carboxylic acids is 3. The number of imide groups is 1. The Morgan fingerprint density at radius 3 is 2.53 bits per heavy atom. The highest BCUT2D eigenvalue weighted by Gasteiger charge is 2.48. The number of benzene rings is 2. The number of aromatic nitrogens is 1. The van der Waals surface area contributed by atoms with Gasteiger partial charge in [-0.2, -0.15) is 0 Å². The number of likely N-dealkylation sites (tertiary alicyclic amines) is 1. The van der Waals surface area contributed by atoms with Crippen molar-refractivity contribution in [2.75, 3.05) is 19.6 Å². The molecule has 176 valence electrons. The second-order valence-corrected chi connectivity index (χ2v) is 10.4. The fraction of sp³-hybridized carbons (Fsp3) is 0.385. The second kappa shape index (κ2) is 9.18. The van der Waals surface area contributed by atoms with E-state index in [1.165, 1.54) is 4.70 Å². The number of hydrogen-bond donors (Lipinski definition) is 1. The summed E-state index contributed by atoms with van der Waals surface area (Å²) < 4.78 is 1.19. The third kappa shape index (κ3) is 4.42. The Morgan fingerprint density at radius 2 is 1.79 bits per heavy atom. The van der Waals surface area contributed by atoms with Crippen molar-refractivity contribution in [2.45, 2.75) is 44.1 Å². The number of amides is 4. The van der Waals surface area contributed by atoms with Crippen molar-refractivity contribution in [3.63, 3.8) is 0 Å². The van der Waals surface area contributed by atoms with Crippen LogP contribution in [0.1, 0.15) is 42.7 Å².